The topological polar surface area (TPSA) is 75.6 Å². The maximum absolute atomic E-state index is 12.7. The monoisotopic (exact) mass is 331 g/mol. The zero-order chi connectivity index (χ0) is 17.0. The van der Waals surface area contributed by atoms with Gasteiger partial charge in [-0.15, -0.1) is 0 Å². The molecule has 8 heteroatoms. The molecule has 1 fully saturated rings. The first-order valence-corrected chi connectivity index (χ1v) is 7.04. The van der Waals surface area contributed by atoms with Crippen LogP contribution in [-0.4, -0.2) is 36.2 Å². The van der Waals surface area contributed by atoms with Crippen molar-refractivity contribution in [1.82, 2.24) is 5.32 Å². The molecular formula is C15H16F3NO4. The minimum Gasteiger partial charge on any atom is -0.480 e. The number of halogens is 3. The lowest BCUT2D eigenvalue weighted by atomic mass is 10.0. The maximum Gasteiger partial charge on any atom is 0.416 e. The van der Waals surface area contributed by atoms with Gasteiger partial charge in [0.15, 0.2) is 0 Å². The lowest BCUT2D eigenvalue weighted by molar-refractivity contribution is -0.142. The van der Waals surface area contributed by atoms with Gasteiger partial charge in [0.1, 0.15) is 6.04 Å². The van der Waals surface area contributed by atoms with Gasteiger partial charge in [-0.2, -0.15) is 13.2 Å². The van der Waals surface area contributed by atoms with Crippen molar-refractivity contribution < 1.29 is 32.6 Å². The number of rotatable bonds is 5. The molecule has 1 aliphatic heterocycles. The summed E-state index contributed by atoms with van der Waals surface area (Å²) in [7, 11) is 0. The van der Waals surface area contributed by atoms with E-state index in [4.69, 9.17) is 4.74 Å². The molecule has 1 aliphatic rings. The van der Waals surface area contributed by atoms with E-state index in [1.807, 2.05) is 0 Å². The Bertz CT molecular complexity index is 582. The van der Waals surface area contributed by atoms with Crippen molar-refractivity contribution in [1.29, 1.82) is 0 Å². The second-order valence-electron chi connectivity index (χ2n) is 5.36. The van der Waals surface area contributed by atoms with E-state index in [0.717, 1.165) is 12.1 Å². The largest absolute Gasteiger partial charge is 0.480 e. The molecule has 1 heterocycles. The lowest BCUT2D eigenvalue weighted by Crippen LogP contribution is -2.45. The van der Waals surface area contributed by atoms with Gasteiger partial charge in [0.2, 0.25) is 5.91 Å². The van der Waals surface area contributed by atoms with E-state index in [-0.39, 0.29) is 18.6 Å². The highest BCUT2D eigenvalue weighted by molar-refractivity contribution is 5.85. The number of amides is 1. The summed E-state index contributed by atoms with van der Waals surface area (Å²) in [5, 5.41) is 11.6. The van der Waals surface area contributed by atoms with Crippen LogP contribution in [0.2, 0.25) is 0 Å². The van der Waals surface area contributed by atoms with Crippen molar-refractivity contribution in [3.05, 3.63) is 35.4 Å². The standard InChI is InChI=1S/C15H16F3NO4/c16-15(17,18)11-3-1-2-9(6-11)7-12(14(21)22)19-13(20)10-4-5-23-8-10/h1-3,6,10,12H,4-5,7-8H2,(H,19,20)(H,21,22)/t10-,12-/m0/s1. The number of hydrogen-bond acceptors (Lipinski definition) is 3. The van der Waals surface area contributed by atoms with Crippen molar-refractivity contribution in [3.63, 3.8) is 0 Å². The Balaban J connectivity index is 2.07. The van der Waals surface area contributed by atoms with E-state index in [0.29, 0.717) is 13.0 Å². The maximum atomic E-state index is 12.7. The van der Waals surface area contributed by atoms with Crippen LogP contribution < -0.4 is 5.32 Å². The van der Waals surface area contributed by atoms with E-state index in [1.54, 1.807) is 0 Å². The summed E-state index contributed by atoms with van der Waals surface area (Å²) in [5.74, 6) is -2.17. The van der Waals surface area contributed by atoms with E-state index < -0.39 is 35.6 Å². The van der Waals surface area contributed by atoms with Gasteiger partial charge in [-0.05, 0) is 18.1 Å². The molecule has 1 amide bonds. The van der Waals surface area contributed by atoms with Crippen molar-refractivity contribution in [3.8, 4) is 0 Å². The molecule has 1 aromatic rings. The number of carboxylic acids is 1. The quantitative estimate of drug-likeness (QED) is 0.863. The highest BCUT2D eigenvalue weighted by atomic mass is 19.4. The smallest absolute Gasteiger partial charge is 0.416 e. The van der Waals surface area contributed by atoms with Gasteiger partial charge in [-0.25, -0.2) is 4.79 Å². The van der Waals surface area contributed by atoms with Crippen LogP contribution in [0, 0.1) is 5.92 Å². The molecule has 0 aliphatic carbocycles. The van der Waals surface area contributed by atoms with Gasteiger partial charge >= 0.3 is 12.1 Å². The summed E-state index contributed by atoms with van der Waals surface area (Å²) in [5.41, 5.74) is -0.662. The molecule has 5 nitrogen and oxygen atoms in total. The molecule has 0 unspecified atom stereocenters. The molecule has 23 heavy (non-hydrogen) atoms. The number of alkyl halides is 3. The van der Waals surface area contributed by atoms with Crippen LogP contribution in [0.5, 0.6) is 0 Å². The van der Waals surface area contributed by atoms with Crippen LogP contribution in [0.1, 0.15) is 17.5 Å². The Morgan fingerprint density at radius 3 is 2.70 bits per heavy atom. The number of carbonyl (C=O) groups excluding carboxylic acids is 1. The van der Waals surface area contributed by atoms with E-state index in [2.05, 4.69) is 5.32 Å². The average Bonchev–Trinajstić information content (AvgIpc) is 3.00. The third-order valence-electron chi connectivity index (χ3n) is 3.61. The average molecular weight is 331 g/mol. The molecule has 0 spiro atoms. The summed E-state index contributed by atoms with van der Waals surface area (Å²) in [4.78, 5) is 23.2. The Kier molecular flexibility index (Phi) is 5.25. The molecule has 126 valence electrons. The first-order chi connectivity index (χ1) is 10.8. The molecule has 1 aromatic carbocycles. The van der Waals surface area contributed by atoms with Crippen molar-refractivity contribution in [2.45, 2.75) is 25.1 Å². The normalized spacial score (nSPS) is 19.3. The molecule has 2 rings (SSSR count). The zero-order valence-electron chi connectivity index (χ0n) is 12.1. The van der Waals surface area contributed by atoms with Crippen LogP contribution in [-0.2, 0) is 26.9 Å². The summed E-state index contributed by atoms with van der Waals surface area (Å²) in [6.45, 7) is 0.658. The van der Waals surface area contributed by atoms with Crippen molar-refractivity contribution in [2.75, 3.05) is 13.2 Å². The molecule has 2 N–H and O–H groups in total. The van der Waals surface area contributed by atoms with Crippen molar-refractivity contribution >= 4 is 11.9 Å². The van der Waals surface area contributed by atoms with Crippen LogP contribution in [0.15, 0.2) is 24.3 Å². The lowest BCUT2D eigenvalue weighted by Gasteiger charge is -2.17. The number of nitrogens with one attached hydrogen (secondary N) is 1. The number of benzene rings is 1. The molecule has 0 radical (unpaired) electrons. The number of ether oxygens (including phenoxy) is 1. The van der Waals surface area contributed by atoms with Crippen LogP contribution in [0.25, 0.3) is 0 Å². The van der Waals surface area contributed by atoms with Gasteiger partial charge in [0, 0.05) is 13.0 Å². The van der Waals surface area contributed by atoms with Crippen LogP contribution in [0.4, 0.5) is 13.2 Å². The zero-order valence-corrected chi connectivity index (χ0v) is 12.1. The summed E-state index contributed by atoms with van der Waals surface area (Å²) in [6, 6.07) is 3.13. The SMILES string of the molecule is O=C(N[C@@H](Cc1cccc(C(F)(F)F)c1)C(=O)O)[C@H]1CCOC1. The van der Waals surface area contributed by atoms with Gasteiger partial charge in [0.25, 0.3) is 0 Å². The molecular weight excluding hydrogens is 315 g/mol. The number of hydrogen-bond donors (Lipinski definition) is 2. The Morgan fingerprint density at radius 2 is 2.13 bits per heavy atom. The van der Waals surface area contributed by atoms with E-state index in [9.17, 15) is 27.9 Å². The third-order valence-corrected chi connectivity index (χ3v) is 3.61. The first kappa shape index (κ1) is 17.3. The summed E-state index contributed by atoms with van der Waals surface area (Å²) < 4.78 is 43.1. The van der Waals surface area contributed by atoms with Crippen LogP contribution >= 0.6 is 0 Å². The fourth-order valence-corrected chi connectivity index (χ4v) is 2.34. The summed E-state index contributed by atoms with van der Waals surface area (Å²) >= 11 is 0. The van der Waals surface area contributed by atoms with Gasteiger partial charge in [-0.1, -0.05) is 18.2 Å². The molecule has 0 saturated carbocycles. The first-order valence-electron chi connectivity index (χ1n) is 7.04. The highest BCUT2D eigenvalue weighted by Crippen LogP contribution is 2.29. The fraction of sp³-hybridized carbons (Fsp3) is 0.467. The predicted octanol–water partition coefficient (Wildman–Crippen LogP) is 1.85. The molecule has 1 saturated heterocycles. The Hall–Kier alpha value is -2.09. The highest BCUT2D eigenvalue weighted by Gasteiger charge is 2.31. The number of carbonyl (C=O) groups is 2. The second-order valence-corrected chi connectivity index (χ2v) is 5.36. The van der Waals surface area contributed by atoms with Gasteiger partial charge < -0.3 is 15.2 Å². The second kappa shape index (κ2) is 6.99. The Labute approximate surface area is 130 Å². The number of carboxylic acid groups (broad SMARTS) is 1. The molecule has 0 bridgehead atoms. The Morgan fingerprint density at radius 1 is 1.39 bits per heavy atom. The van der Waals surface area contributed by atoms with Gasteiger partial charge in [0.05, 0.1) is 18.1 Å². The summed E-state index contributed by atoms with van der Waals surface area (Å²) in [6.07, 6.45) is -4.22. The molecule has 2 atom stereocenters. The molecule has 0 aromatic heterocycles. The minimum absolute atomic E-state index is 0.190. The predicted molar refractivity (Wildman–Crippen MR) is 73.6 cm³/mol. The van der Waals surface area contributed by atoms with E-state index in [1.165, 1.54) is 12.1 Å². The number of aliphatic carboxylic acids is 1. The fourth-order valence-electron chi connectivity index (χ4n) is 2.34. The van der Waals surface area contributed by atoms with Gasteiger partial charge in [-0.3, -0.25) is 4.79 Å². The van der Waals surface area contributed by atoms with Crippen LogP contribution in [0.3, 0.4) is 0 Å². The van der Waals surface area contributed by atoms with E-state index >= 15 is 0 Å². The third kappa shape index (κ3) is 4.69. The minimum atomic E-state index is -4.50. The van der Waals surface area contributed by atoms with Crippen molar-refractivity contribution in [2.24, 2.45) is 5.92 Å².